The van der Waals surface area contributed by atoms with Crippen molar-refractivity contribution in [3.8, 4) is 0 Å². The molecule has 27 heavy (non-hydrogen) atoms. The SMILES string of the molecule is O=C(CCCSc1ccc(NC(=O)c2ccco2)nn1)NCC1CCCO1. The highest BCUT2D eigenvalue weighted by atomic mass is 32.2. The van der Waals surface area contributed by atoms with Crippen molar-refractivity contribution in [2.45, 2.75) is 36.8 Å². The summed E-state index contributed by atoms with van der Waals surface area (Å²) in [6, 6.07) is 6.68. The first-order valence-electron chi connectivity index (χ1n) is 8.90. The van der Waals surface area contributed by atoms with Gasteiger partial charge in [-0.2, -0.15) is 0 Å². The molecule has 0 aromatic carbocycles. The molecule has 0 saturated carbocycles. The van der Waals surface area contributed by atoms with Crippen molar-refractivity contribution in [2.75, 3.05) is 24.2 Å². The molecule has 2 N–H and O–H groups in total. The average molecular weight is 390 g/mol. The van der Waals surface area contributed by atoms with Crippen molar-refractivity contribution in [3.63, 3.8) is 0 Å². The molecule has 1 atom stereocenters. The number of amides is 2. The number of furan rings is 1. The molecule has 9 heteroatoms. The Hall–Kier alpha value is -2.39. The van der Waals surface area contributed by atoms with Crippen LogP contribution in [0.5, 0.6) is 0 Å². The molecular formula is C18H22N4O4S. The summed E-state index contributed by atoms with van der Waals surface area (Å²) in [5.74, 6) is 1.01. The molecule has 2 aromatic rings. The second-order valence-electron chi connectivity index (χ2n) is 6.08. The van der Waals surface area contributed by atoms with E-state index in [2.05, 4.69) is 20.8 Å². The predicted molar refractivity (Wildman–Crippen MR) is 101 cm³/mol. The van der Waals surface area contributed by atoms with E-state index in [-0.39, 0.29) is 23.7 Å². The van der Waals surface area contributed by atoms with Gasteiger partial charge in [-0.3, -0.25) is 9.59 Å². The van der Waals surface area contributed by atoms with Crippen molar-refractivity contribution in [3.05, 3.63) is 36.3 Å². The fourth-order valence-corrected chi connectivity index (χ4v) is 3.34. The summed E-state index contributed by atoms with van der Waals surface area (Å²) in [5, 5.41) is 14.3. The Kier molecular flexibility index (Phi) is 7.23. The molecule has 2 amide bonds. The van der Waals surface area contributed by atoms with Crippen LogP contribution in [0.2, 0.25) is 0 Å². The van der Waals surface area contributed by atoms with Gasteiger partial charge in [-0.05, 0) is 43.5 Å². The van der Waals surface area contributed by atoms with Gasteiger partial charge in [0, 0.05) is 25.3 Å². The number of carbonyl (C=O) groups is 2. The Balaban J connectivity index is 1.31. The molecule has 1 aliphatic heterocycles. The first kappa shape index (κ1) is 19.4. The summed E-state index contributed by atoms with van der Waals surface area (Å²) in [7, 11) is 0. The number of ether oxygens (including phenoxy) is 1. The van der Waals surface area contributed by atoms with Crippen LogP contribution in [0.1, 0.15) is 36.2 Å². The highest BCUT2D eigenvalue weighted by molar-refractivity contribution is 7.99. The van der Waals surface area contributed by atoms with E-state index in [9.17, 15) is 9.59 Å². The maximum Gasteiger partial charge on any atom is 0.292 e. The van der Waals surface area contributed by atoms with E-state index < -0.39 is 0 Å². The lowest BCUT2D eigenvalue weighted by molar-refractivity contribution is -0.121. The van der Waals surface area contributed by atoms with Crippen LogP contribution in [0.15, 0.2) is 40.0 Å². The lowest BCUT2D eigenvalue weighted by atomic mass is 10.2. The molecule has 2 aromatic heterocycles. The van der Waals surface area contributed by atoms with Crippen LogP contribution in [0.4, 0.5) is 5.82 Å². The summed E-state index contributed by atoms with van der Waals surface area (Å²) in [4.78, 5) is 23.7. The van der Waals surface area contributed by atoms with Gasteiger partial charge in [-0.25, -0.2) is 0 Å². The van der Waals surface area contributed by atoms with Gasteiger partial charge in [0.2, 0.25) is 5.91 Å². The number of anilines is 1. The number of rotatable bonds is 9. The average Bonchev–Trinajstić information content (AvgIpc) is 3.38. The minimum atomic E-state index is -0.372. The second-order valence-corrected chi connectivity index (χ2v) is 7.19. The van der Waals surface area contributed by atoms with Crippen LogP contribution in [0.25, 0.3) is 0 Å². The summed E-state index contributed by atoms with van der Waals surface area (Å²) < 4.78 is 10.5. The van der Waals surface area contributed by atoms with E-state index in [1.807, 2.05) is 0 Å². The van der Waals surface area contributed by atoms with Gasteiger partial charge in [-0.15, -0.1) is 22.0 Å². The smallest absolute Gasteiger partial charge is 0.292 e. The van der Waals surface area contributed by atoms with Crippen LogP contribution in [0, 0.1) is 0 Å². The van der Waals surface area contributed by atoms with Gasteiger partial charge < -0.3 is 19.8 Å². The highest BCUT2D eigenvalue weighted by Gasteiger charge is 2.16. The number of hydrogen-bond acceptors (Lipinski definition) is 7. The molecule has 0 spiro atoms. The van der Waals surface area contributed by atoms with Crippen molar-refractivity contribution >= 4 is 29.4 Å². The Labute approximate surface area is 161 Å². The number of nitrogens with zero attached hydrogens (tertiary/aromatic N) is 2. The standard InChI is InChI=1S/C18H22N4O4S/c23-16(19-12-13-4-1-9-25-13)6-3-11-27-17-8-7-15(21-22-17)20-18(24)14-5-2-10-26-14/h2,5,7-8,10,13H,1,3-4,6,9,11-12H2,(H,19,23)(H,20,21,24). The maximum atomic E-state index is 11.8. The minimum Gasteiger partial charge on any atom is -0.459 e. The van der Waals surface area contributed by atoms with Gasteiger partial charge in [0.05, 0.1) is 12.4 Å². The Morgan fingerprint density at radius 2 is 2.19 bits per heavy atom. The third kappa shape index (κ3) is 6.37. The molecule has 1 aliphatic rings. The summed E-state index contributed by atoms with van der Waals surface area (Å²) in [6.45, 7) is 1.40. The third-order valence-corrected chi connectivity index (χ3v) is 4.98. The summed E-state index contributed by atoms with van der Waals surface area (Å²) in [5.41, 5.74) is 0. The van der Waals surface area contributed by atoms with E-state index in [1.54, 1.807) is 24.3 Å². The van der Waals surface area contributed by atoms with Gasteiger partial charge in [0.15, 0.2) is 11.6 Å². The maximum absolute atomic E-state index is 11.8. The number of hydrogen-bond donors (Lipinski definition) is 2. The Morgan fingerprint density at radius 3 is 2.89 bits per heavy atom. The molecule has 144 valence electrons. The van der Waals surface area contributed by atoms with E-state index in [4.69, 9.17) is 9.15 Å². The van der Waals surface area contributed by atoms with E-state index in [0.717, 1.165) is 36.6 Å². The molecule has 0 aliphatic carbocycles. The van der Waals surface area contributed by atoms with Gasteiger partial charge in [0.1, 0.15) is 5.03 Å². The first-order valence-corrected chi connectivity index (χ1v) is 9.89. The predicted octanol–water partition coefficient (Wildman–Crippen LogP) is 2.49. The fourth-order valence-electron chi connectivity index (χ4n) is 2.58. The van der Waals surface area contributed by atoms with Gasteiger partial charge >= 0.3 is 0 Å². The van der Waals surface area contributed by atoms with E-state index in [0.29, 0.717) is 18.8 Å². The normalized spacial score (nSPS) is 16.2. The Morgan fingerprint density at radius 1 is 1.26 bits per heavy atom. The fraction of sp³-hybridized carbons (Fsp3) is 0.444. The zero-order valence-electron chi connectivity index (χ0n) is 14.8. The van der Waals surface area contributed by atoms with Gasteiger partial charge in [-0.1, -0.05) is 0 Å². The largest absolute Gasteiger partial charge is 0.459 e. The molecule has 3 rings (SSSR count). The number of aromatic nitrogens is 2. The monoisotopic (exact) mass is 390 g/mol. The topological polar surface area (TPSA) is 106 Å². The zero-order valence-corrected chi connectivity index (χ0v) is 15.7. The van der Waals surface area contributed by atoms with E-state index >= 15 is 0 Å². The molecule has 1 saturated heterocycles. The lowest BCUT2D eigenvalue weighted by Crippen LogP contribution is -2.31. The second kappa shape index (κ2) is 10.1. The molecule has 8 nitrogen and oxygen atoms in total. The molecule has 0 radical (unpaired) electrons. The van der Waals surface area contributed by atoms with Crippen molar-refractivity contribution in [2.24, 2.45) is 0 Å². The molecule has 1 fully saturated rings. The van der Waals surface area contributed by atoms with Crippen LogP contribution in [-0.2, 0) is 9.53 Å². The van der Waals surface area contributed by atoms with Crippen molar-refractivity contribution in [1.82, 2.24) is 15.5 Å². The summed E-state index contributed by atoms with van der Waals surface area (Å²) in [6.07, 6.45) is 4.93. The number of nitrogens with one attached hydrogen (secondary N) is 2. The first-order chi connectivity index (χ1) is 13.2. The molecule has 3 heterocycles. The lowest BCUT2D eigenvalue weighted by Gasteiger charge is -2.10. The molecule has 0 bridgehead atoms. The van der Waals surface area contributed by atoms with E-state index in [1.165, 1.54) is 18.0 Å². The van der Waals surface area contributed by atoms with Crippen molar-refractivity contribution < 1.29 is 18.7 Å². The molecule has 1 unspecified atom stereocenters. The highest BCUT2D eigenvalue weighted by Crippen LogP contribution is 2.17. The quantitative estimate of drug-likeness (QED) is 0.500. The third-order valence-electron chi connectivity index (χ3n) is 3.98. The van der Waals surface area contributed by atoms with Crippen LogP contribution >= 0.6 is 11.8 Å². The van der Waals surface area contributed by atoms with Crippen LogP contribution in [0.3, 0.4) is 0 Å². The van der Waals surface area contributed by atoms with Crippen LogP contribution in [-0.4, -0.2) is 47.0 Å². The zero-order chi connectivity index (χ0) is 18.9. The number of thioether (sulfide) groups is 1. The number of carbonyl (C=O) groups excluding carboxylic acids is 2. The minimum absolute atomic E-state index is 0.0492. The summed E-state index contributed by atoms with van der Waals surface area (Å²) >= 11 is 1.52. The molecular weight excluding hydrogens is 368 g/mol. The van der Waals surface area contributed by atoms with Crippen molar-refractivity contribution in [1.29, 1.82) is 0 Å². The van der Waals surface area contributed by atoms with Gasteiger partial charge in [0.25, 0.3) is 5.91 Å². The van der Waals surface area contributed by atoms with Crippen LogP contribution < -0.4 is 10.6 Å². The Bertz CT molecular complexity index is 730.